The zero-order valence-corrected chi connectivity index (χ0v) is 14.5. The first-order valence-electron chi connectivity index (χ1n) is 7.99. The predicted molar refractivity (Wildman–Crippen MR) is 105 cm³/mol. The van der Waals surface area contributed by atoms with E-state index >= 15 is 0 Å². The van der Waals surface area contributed by atoms with E-state index in [-0.39, 0.29) is 0 Å². The van der Waals surface area contributed by atoms with Crippen LogP contribution < -0.4 is 16.4 Å². The standard InChI is InChI=1S/C18H16ClN7/c19-12-4-2-6-14(8-12)24-16-15-17(25-26-18(15)23-10-22-16)21-9-11-3-1-5-13(20)7-11/h1-8,10H,9,20H2,(H3,21,22,23,24,25,26). The molecule has 4 rings (SSSR count). The molecule has 0 aliphatic heterocycles. The lowest BCUT2D eigenvalue weighted by Crippen LogP contribution is -2.02. The molecule has 0 unspecified atom stereocenters. The Balaban J connectivity index is 1.63. The SMILES string of the molecule is Nc1cccc(CNc2n[nH]c3ncnc(Nc4cccc(Cl)c4)c23)c1. The summed E-state index contributed by atoms with van der Waals surface area (Å²) < 4.78 is 0. The van der Waals surface area contributed by atoms with E-state index in [1.807, 2.05) is 48.5 Å². The molecule has 2 heterocycles. The topological polar surface area (TPSA) is 105 Å². The third-order valence-corrected chi connectivity index (χ3v) is 4.09. The minimum Gasteiger partial charge on any atom is -0.399 e. The van der Waals surface area contributed by atoms with E-state index in [2.05, 4.69) is 30.8 Å². The minimum absolute atomic E-state index is 0.580. The smallest absolute Gasteiger partial charge is 0.162 e. The van der Waals surface area contributed by atoms with Gasteiger partial charge in [-0.25, -0.2) is 9.97 Å². The summed E-state index contributed by atoms with van der Waals surface area (Å²) in [5.41, 5.74) is 9.08. The highest BCUT2D eigenvalue weighted by molar-refractivity contribution is 6.30. The largest absolute Gasteiger partial charge is 0.399 e. The molecule has 2 aromatic carbocycles. The molecule has 0 saturated heterocycles. The number of nitrogen functional groups attached to an aromatic ring is 1. The molecule has 2 aromatic heterocycles. The van der Waals surface area contributed by atoms with Crippen LogP contribution >= 0.6 is 11.6 Å². The number of hydrogen-bond donors (Lipinski definition) is 4. The van der Waals surface area contributed by atoms with Gasteiger partial charge in [-0.15, -0.1) is 0 Å². The third kappa shape index (κ3) is 3.38. The Hall–Kier alpha value is -3.32. The zero-order valence-electron chi connectivity index (χ0n) is 13.7. The van der Waals surface area contributed by atoms with Crippen molar-refractivity contribution in [1.29, 1.82) is 0 Å². The molecule has 0 bridgehead atoms. The zero-order chi connectivity index (χ0) is 17.9. The van der Waals surface area contributed by atoms with E-state index in [1.165, 1.54) is 6.33 Å². The molecule has 26 heavy (non-hydrogen) atoms. The highest BCUT2D eigenvalue weighted by atomic mass is 35.5. The molecule has 0 saturated carbocycles. The number of hydrogen-bond acceptors (Lipinski definition) is 6. The molecule has 0 aliphatic carbocycles. The van der Waals surface area contributed by atoms with Gasteiger partial charge in [0.2, 0.25) is 0 Å². The second-order valence-electron chi connectivity index (χ2n) is 5.75. The molecule has 0 atom stereocenters. The van der Waals surface area contributed by atoms with Crippen molar-refractivity contribution in [1.82, 2.24) is 20.2 Å². The van der Waals surface area contributed by atoms with Crippen molar-refractivity contribution in [2.75, 3.05) is 16.4 Å². The molecule has 7 nitrogen and oxygen atoms in total. The van der Waals surface area contributed by atoms with Crippen LogP contribution in [0.4, 0.5) is 23.0 Å². The van der Waals surface area contributed by atoms with Gasteiger partial charge >= 0.3 is 0 Å². The number of benzene rings is 2. The molecular weight excluding hydrogens is 350 g/mol. The fraction of sp³-hybridized carbons (Fsp3) is 0.0556. The number of nitrogens with one attached hydrogen (secondary N) is 3. The van der Waals surface area contributed by atoms with Crippen molar-refractivity contribution in [3.8, 4) is 0 Å². The van der Waals surface area contributed by atoms with Gasteiger partial charge < -0.3 is 16.4 Å². The van der Waals surface area contributed by atoms with Crippen LogP contribution in [0.2, 0.25) is 5.02 Å². The van der Waals surface area contributed by atoms with Gasteiger partial charge in [-0.3, -0.25) is 5.10 Å². The summed E-state index contributed by atoms with van der Waals surface area (Å²) in [5.74, 6) is 1.30. The number of anilines is 4. The number of nitrogens with two attached hydrogens (primary N) is 1. The van der Waals surface area contributed by atoms with Crippen molar-refractivity contribution >= 4 is 45.6 Å². The molecule has 0 fully saturated rings. The van der Waals surface area contributed by atoms with Crippen molar-refractivity contribution in [2.45, 2.75) is 6.54 Å². The first-order chi connectivity index (χ1) is 12.7. The first kappa shape index (κ1) is 16.2. The average Bonchev–Trinajstić information content (AvgIpc) is 3.04. The van der Waals surface area contributed by atoms with Gasteiger partial charge in [0.25, 0.3) is 0 Å². The molecule has 4 aromatic rings. The van der Waals surface area contributed by atoms with E-state index in [1.54, 1.807) is 0 Å². The second-order valence-corrected chi connectivity index (χ2v) is 6.19. The molecule has 8 heteroatoms. The van der Waals surface area contributed by atoms with Crippen LogP contribution in [0.15, 0.2) is 54.9 Å². The van der Waals surface area contributed by atoms with Crippen LogP contribution in [-0.2, 0) is 6.54 Å². The predicted octanol–water partition coefficient (Wildman–Crippen LogP) is 3.94. The van der Waals surface area contributed by atoms with E-state index in [0.717, 1.165) is 22.3 Å². The number of rotatable bonds is 5. The van der Waals surface area contributed by atoms with E-state index in [9.17, 15) is 0 Å². The summed E-state index contributed by atoms with van der Waals surface area (Å²) in [4.78, 5) is 8.58. The lowest BCUT2D eigenvalue weighted by atomic mass is 10.2. The summed E-state index contributed by atoms with van der Waals surface area (Å²) in [6.45, 7) is 0.580. The molecule has 5 N–H and O–H groups in total. The average molecular weight is 366 g/mol. The Morgan fingerprint density at radius 3 is 2.77 bits per heavy atom. The number of H-pyrrole nitrogens is 1. The number of nitrogens with zero attached hydrogens (tertiary/aromatic N) is 3. The number of aromatic nitrogens is 4. The minimum atomic E-state index is 0.580. The van der Waals surface area contributed by atoms with Gasteiger partial charge in [0, 0.05) is 22.9 Å². The fourth-order valence-corrected chi connectivity index (χ4v) is 2.86. The summed E-state index contributed by atoms with van der Waals surface area (Å²) in [6.07, 6.45) is 1.48. The summed E-state index contributed by atoms with van der Waals surface area (Å²) in [7, 11) is 0. The van der Waals surface area contributed by atoms with Crippen LogP contribution in [0.1, 0.15) is 5.56 Å². The van der Waals surface area contributed by atoms with Crippen LogP contribution in [-0.4, -0.2) is 20.2 Å². The molecule has 130 valence electrons. The van der Waals surface area contributed by atoms with E-state index < -0.39 is 0 Å². The highest BCUT2D eigenvalue weighted by Crippen LogP contribution is 2.28. The fourth-order valence-electron chi connectivity index (χ4n) is 2.67. The van der Waals surface area contributed by atoms with Gasteiger partial charge in [-0.2, -0.15) is 5.10 Å². The first-order valence-corrected chi connectivity index (χ1v) is 8.37. The quantitative estimate of drug-likeness (QED) is 0.399. The Labute approximate surface area is 154 Å². The normalized spacial score (nSPS) is 10.8. The number of aromatic amines is 1. The summed E-state index contributed by atoms with van der Waals surface area (Å²) in [5, 5.41) is 15.2. The maximum atomic E-state index is 6.06. The van der Waals surface area contributed by atoms with Gasteiger partial charge in [0.05, 0.1) is 0 Å². The van der Waals surface area contributed by atoms with Crippen LogP contribution in [0, 0.1) is 0 Å². The lowest BCUT2D eigenvalue weighted by Gasteiger charge is -2.09. The van der Waals surface area contributed by atoms with Crippen molar-refractivity contribution in [3.05, 3.63) is 65.4 Å². The maximum absolute atomic E-state index is 6.06. The summed E-state index contributed by atoms with van der Waals surface area (Å²) in [6, 6.07) is 15.1. The van der Waals surface area contributed by atoms with Gasteiger partial charge in [-0.05, 0) is 35.9 Å². The second kappa shape index (κ2) is 6.89. The molecule has 0 spiro atoms. The molecular formula is C18H16ClN7. The van der Waals surface area contributed by atoms with Gasteiger partial charge in [0.1, 0.15) is 17.5 Å². The van der Waals surface area contributed by atoms with Gasteiger partial charge in [-0.1, -0.05) is 29.8 Å². The maximum Gasteiger partial charge on any atom is 0.162 e. The van der Waals surface area contributed by atoms with Crippen molar-refractivity contribution < 1.29 is 0 Å². The van der Waals surface area contributed by atoms with Crippen LogP contribution in [0.25, 0.3) is 11.0 Å². The van der Waals surface area contributed by atoms with E-state index in [0.29, 0.717) is 28.9 Å². The highest BCUT2D eigenvalue weighted by Gasteiger charge is 2.13. The Bertz CT molecular complexity index is 1060. The lowest BCUT2D eigenvalue weighted by molar-refractivity contribution is 1.05. The van der Waals surface area contributed by atoms with Crippen LogP contribution in [0.5, 0.6) is 0 Å². The van der Waals surface area contributed by atoms with Gasteiger partial charge in [0.15, 0.2) is 11.5 Å². The Morgan fingerprint density at radius 2 is 1.92 bits per heavy atom. The number of fused-ring (bicyclic) bond motifs is 1. The molecule has 0 radical (unpaired) electrons. The Kier molecular flexibility index (Phi) is 4.28. The summed E-state index contributed by atoms with van der Waals surface area (Å²) >= 11 is 6.06. The van der Waals surface area contributed by atoms with Crippen molar-refractivity contribution in [2.24, 2.45) is 0 Å². The van der Waals surface area contributed by atoms with E-state index in [4.69, 9.17) is 17.3 Å². The monoisotopic (exact) mass is 365 g/mol. The number of halogens is 1. The van der Waals surface area contributed by atoms with Crippen LogP contribution in [0.3, 0.4) is 0 Å². The molecule has 0 amide bonds. The molecule has 0 aliphatic rings. The third-order valence-electron chi connectivity index (χ3n) is 3.86. The Morgan fingerprint density at radius 1 is 1.04 bits per heavy atom. The van der Waals surface area contributed by atoms with Crippen molar-refractivity contribution in [3.63, 3.8) is 0 Å².